The monoisotopic (exact) mass is 162 g/mol. The molecule has 10 heavy (non-hydrogen) atoms. The van der Waals surface area contributed by atoms with Crippen molar-refractivity contribution in [1.82, 2.24) is 0 Å². The number of hydrogen-bond acceptors (Lipinski definition) is 2. The van der Waals surface area contributed by atoms with Crippen LogP contribution in [0.25, 0.3) is 0 Å². The van der Waals surface area contributed by atoms with Crippen LogP contribution >= 0.6 is 0 Å². The number of carboxylic acids is 1. The summed E-state index contributed by atoms with van der Waals surface area (Å²) in [6.07, 6.45) is 0.900. The lowest BCUT2D eigenvalue weighted by Gasteiger charge is -1.72. The van der Waals surface area contributed by atoms with Gasteiger partial charge in [-0.1, -0.05) is 19.4 Å². The Bertz CT molecular complexity index is 99.2. The van der Waals surface area contributed by atoms with Gasteiger partial charge in [-0.2, -0.15) is 0 Å². The molecule has 3 nitrogen and oxygen atoms in total. The Labute approximate surface area is 63.8 Å². The SMILES string of the molecule is CCC[SiH3].O=C(O)C1CO1. The normalized spacial score (nSPS) is 21.1. The van der Waals surface area contributed by atoms with E-state index in [0.29, 0.717) is 6.61 Å². The molecule has 4 heteroatoms. The van der Waals surface area contributed by atoms with Crippen LogP contribution in [0.15, 0.2) is 0 Å². The van der Waals surface area contributed by atoms with Crippen molar-refractivity contribution in [2.75, 3.05) is 6.61 Å². The molecule has 0 aliphatic carbocycles. The maximum atomic E-state index is 9.64. The fourth-order valence-electron chi connectivity index (χ4n) is 0.191. The molecule has 1 heterocycles. The Hall–Kier alpha value is -0.353. The fourth-order valence-corrected chi connectivity index (χ4v) is 0.191. The number of aliphatic carboxylic acids is 1. The minimum atomic E-state index is -0.852. The standard InChI is InChI=1S/C3H4O3.C3H10Si/c4-3(5)2-1-6-2;1-2-3-4/h2H,1H2,(H,4,5);2-3H2,1,4H3. The van der Waals surface area contributed by atoms with E-state index < -0.39 is 12.1 Å². The van der Waals surface area contributed by atoms with Gasteiger partial charge < -0.3 is 9.84 Å². The van der Waals surface area contributed by atoms with Crippen molar-refractivity contribution in [2.45, 2.75) is 25.5 Å². The highest BCUT2D eigenvalue weighted by Gasteiger charge is 2.30. The Kier molecular flexibility index (Phi) is 5.24. The van der Waals surface area contributed by atoms with Gasteiger partial charge in [0.25, 0.3) is 0 Å². The molecule has 1 fully saturated rings. The first-order valence-corrected chi connectivity index (χ1v) is 4.98. The van der Waals surface area contributed by atoms with Crippen molar-refractivity contribution in [1.29, 1.82) is 0 Å². The van der Waals surface area contributed by atoms with Crippen molar-refractivity contribution >= 4 is 16.2 Å². The quantitative estimate of drug-likeness (QED) is 0.446. The fraction of sp³-hybridized carbons (Fsp3) is 0.833. The van der Waals surface area contributed by atoms with Gasteiger partial charge in [-0.15, -0.1) is 0 Å². The number of carbonyl (C=O) groups is 1. The lowest BCUT2D eigenvalue weighted by molar-refractivity contribution is -0.138. The van der Waals surface area contributed by atoms with Crippen LogP contribution in [-0.2, 0) is 9.53 Å². The molecule has 1 rings (SSSR count). The smallest absolute Gasteiger partial charge is 0.335 e. The molecular weight excluding hydrogens is 148 g/mol. The van der Waals surface area contributed by atoms with Gasteiger partial charge in [0.2, 0.25) is 0 Å². The molecule has 60 valence electrons. The van der Waals surface area contributed by atoms with Crippen molar-refractivity contribution in [2.24, 2.45) is 0 Å². The van der Waals surface area contributed by atoms with E-state index >= 15 is 0 Å². The molecule has 0 aromatic carbocycles. The zero-order valence-corrected chi connectivity index (χ0v) is 8.46. The van der Waals surface area contributed by atoms with Crippen LogP contribution in [0.3, 0.4) is 0 Å². The van der Waals surface area contributed by atoms with E-state index in [1.54, 1.807) is 0 Å². The first-order chi connectivity index (χ1) is 4.72. The van der Waals surface area contributed by atoms with Crippen molar-refractivity contribution < 1.29 is 14.6 Å². The second-order valence-corrected chi connectivity index (χ2v) is 3.16. The summed E-state index contributed by atoms with van der Waals surface area (Å²) >= 11 is 0. The van der Waals surface area contributed by atoms with E-state index in [0.717, 1.165) is 0 Å². The van der Waals surface area contributed by atoms with E-state index in [1.165, 1.54) is 22.7 Å². The first kappa shape index (κ1) is 9.65. The van der Waals surface area contributed by atoms with Gasteiger partial charge >= 0.3 is 5.97 Å². The van der Waals surface area contributed by atoms with E-state index in [1.807, 2.05) is 0 Å². The molecule has 0 saturated carbocycles. The number of epoxide rings is 1. The topological polar surface area (TPSA) is 49.8 Å². The minimum Gasteiger partial charge on any atom is -0.479 e. The number of hydrogen-bond donors (Lipinski definition) is 1. The largest absolute Gasteiger partial charge is 0.479 e. The van der Waals surface area contributed by atoms with Crippen molar-refractivity contribution in [3.8, 4) is 0 Å². The van der Waals surface area contributed by atoms with Crippen LogP contribution in [0.1, 0.15) is 13.3 Å². The predicted molar refractivity (Wildman–Crippen MR) is 42.4 cm³/mol. The molecule has 0 radical (unpaired) electrons. The summed E-state index contributed by atoms with van der Waals surface area (Å²) in [5.74, 6) is -0.852. The number of ether oxygens (including phenoxy) is 1. The van der Waals surface area contributed by atoms with Gasteiger partial charge in [-0.25, -0.2) is 4.79 Å². The Morgan fingerprint density at radius 2 is 2.30 bits per heavy atom. The zero-order chi connectivity index (χ0) is 7.98. The number of rotatable bonds is 2. The van der Waals surface area contributed by atoms with E-state index in [9.17, 15) is 4.79 Å². The van der Waals surface area contributed by atoms with Gasteiger partial charge in [0.15, 0.2) is 6.10 Å². The summed E-state index contributed by atoms with van der Waals surface area (Å²) in [7, 11) is 1.39. The van der Waals surface area contributed by atoms with Crippen LogP contribution in [0.5, 0.6) is 0 Å². The van der Waals surface area contributed by atoms with Crippen molar-refractivity contribution in [3.63, 3.8) is 0 Å². The third-order valence-electron chi connectivity index (χ3n) is 1.11. The summed E-state index contributed by atoms with van der Waals surface area (Å²) in [6, 6.07) is 1.46. The molecule has 0 amide bonds. The summed E-state index contributed by atoms with van der Waals surface area (Å²) < 4.78 is 4.37. The highest BCUT2D eigenvalue weighted by atomic mass is 28.1. The maximum Gasteiger partial charge on any atom is 0.335 e. The third kappa shape index (κ3) is 5.78. The second-order valence-electron chi connectivity index (χ2n) is 2.16. The Morgan fingerprint density at radius 3 is 2.30 bits per heavy atom. The van der Waals surface area contributed by atoms with Gasteiger partial charge in [0, 0.05) is 10.2 Å². The molecular formula is C6H14O3Si. The second kappa shape index (κ2) is 5.43. The van der Waals surface area contributed by atoms with Gasteiger partial charge in [-0.3, -0.25) is 0 Å². The van der Waals surface area contributed by atoms with E-state index in [-0.39, 0.29) is 0 Å². The Morgan fingerprint density at radius 1 is 1.90 bits per heavy atom. The lowest BCUT2D eigenvalue weighted by Crippen LogP contribution is -2.02. The first-order valence-electron chi connectivity index (χ1n) is 3.56. The van der Waals surface area contributed by atoms with Crippen LogP contribution in [-0.4, -0.2) is 34.0 Å². The summed E-state index contributed by atoms with van der Waals surface area (Å²) in [5, 5.41) is 7.93. The summed E-state index contributed by atoms with van der Waals surface area (Å²) in [4.78, 5) is 9.64. The molecule has 1 aliphatic rings. The van der Waals surface area contributed by atoms with Crippen molar-refractivity contribution in [3.05, 3.63) is 0 Å². The van der Waals surface area contributed by atoms with Crippen LogP contribution < -0.4 is 0 Å². The van der Waals surface area contributed by atoms with Crippen LogP contribution in [0.4, 0.5) is 0 Å². The minimum absolute atomic E-state index is 0.398. The zero-order valence-electron chi connectivity index (χ0n) is 6.46. The average molecular weight is 162 g/mol. The molecule has 0 spiro atoms. The molecule has 0 aromatic rings. The van der Waals surface area contributed by atoms with E-state index in [2.05, 4.69) is 11.7 Å². The average Bonchev–Trinajstić information content (AvgIpc) is 2.69. The molecule has 1 unspecified atom stereocenters. The Balaban J connectivity index is 0.000000180. The molecule has 1 N–H and O–H groups in total. The maximum absolute atomic E-state index is 9.64. The van der Waals surface area contributed by atoms with Gasteiger partial charge in [-0.05, 0) is 0 Å². The van der Waals surface area contributed by atoms with Crippen LogP contribution in [0.2, 0.25) is 6.04 Å². The summed E-state index contributed by atoms with van der Waals surface area (Å²) in [5.41, 5.74) is 0. The predicted octanol–water partition coefficient (Wildman–Crippen LogP) is -0.350. The molecule has 1 aliphatic heterocycles. The van der Waals surface area contributed by atoms with Crippen LogP contribution in [0, 0.1) is 0 Å². The lowest BCUT2D eigenvalue weighted by atomic mass is 10.5. The number of carboxylic acid groups (broad SMARTS) is 1. The molecule has 0 aromatic heterocycles. The molecule has 1 atom stereocenters. The van der Waals surface area contributed by atoms with Gasteiger partial charge in [0.05, 0.1) is 6.61 Å². The molecule has 0 bridgehead atoms. The van der Waals surface area contributed by atoms with E-state index in [4.69, 9.17) is 5.11 Å². The highest BCUT2D eigenvalue weighted by molar-refractivity contribution is 6.08. The highest BCUT2D eigenvalue weighted by Crippen LogP contribution is 2.06. The molecule has 1 saturated heterocycles. The van der Waals surface area contributed by atoms with Gasteiger partial charge in [0.1, 0.15) is 0 Å². The summed E-state index contributed by atoms with van der Waals surface area (Å²) in [6.45, 7) is 2.61. The third-order valence-corrected chi connectivity index (χ3v) is 2.11.